The van der Waals surface area contributed by atoms with E-state index in [1.807, 2.05) is 0 Å². The van der Waals surface area contributed by atoms with Gasteiger partial charge in [-0.15, -0.1) is 0 Å². The summed E-state index contributed by atoms with van der Waals surface area (Å²) in [5, 5.41) is 5.07. The highest BCUT2D eigenvalue weighted by atomic mass is 32.2. The third-order valence-electron chi connectivity index (χ3n) is 1.91. The summed E-state index contributed by atoms with van der Waals surface area (Å²) >= 11 is 0. The van der Waals surface area contributed by atoms with Crippen molar-refractivity contribution in [2.75, 3.05) is 5.43 Å². The first-order valence-corrected chi connectivity index (χ1v) is 5.51. The van der Waals surface area contributed by atoms with E-state index in [0.29, 0.717) is 16.8 Å². The van der Waals surface area contributed by atoms with Crippen LogP contribution in [-0.2, 0) is 10.0 Å². The van der Waals surface area contributed by atoms with Gasteiger partial charge in [0.2, 0.25) is 10.0 Å². The fourth-order valence-electron chi connectivity index (χ4n) is 1.48. The fraction of sp³-hybridized carbons (Fsp3) is 0.250. The number of nitrogen functional groups attached to an aromatic ring is 1. The number of hydrogen-bond acceptors (Lipinski definition) is 4. The topological polar surface area (TPSA) is 98.2 Å². The zero-order chi connectivity index (χ0) is 10.9. The Morgan fingerprint density at radius 3 is 1.93 bits per heavy atom. The first-order valence-electron chi connectivity index (χ1n) is 3.97. The summed E-state index contributed by atoms with van der Waals surface area (Å²) in [4.78, 5) is 0.163. The average Bonchev–Trinajstić information content (AvgIpc) is 1.99. The zero-order valence-electron chi connectivity index (χ0n) is 8.03. The number of benzene rings is 1. The lowest BCUT2D eigenvalue weighted by atomic mass is 10.1. The number of primary sulfonamides is 1. The third kappa shape index (κ3) is 2.03. The molecule has 0 atom stereocenters. The van der Waals surface area contributed by atoms with Gasteiger partial charge >= 0.3 is 0 Å². The molecule has 0 radical (unpaired) electrons. The van der Waals surface area contributed by atoms with Gasteiger partial charge in [0, 0.05) is 5.69 Å². The molecule has 1 rings (SSSR count). The largest absolute Gasteiger partial charge is 0.324 e. The van der Waals surface area contributed by atoms with Gasteiger partial charge in [0.05, 0.1) is 4.90 Å². The summed E-state index contributed by atoms with van der Waals surface area (Å²) in [6.45, 7) is 3.35. The molecular weight excluding hydrogens is 202 g/mol. The van der Waals surface area contributed by atoms with E-state index < -0.39 is 10.0 Å². The summed E-state index contributed by atoms with van der Waals surface area (Å²) < 4.78 is 22.4. The number of rotatable bonds is 2. The lowest BCUT2D eigenvalue weighted by Gasteiger charge is -2.09. The highest BCUT2D eigenvalue weighted by Crippen LogP contribution is 2.22. The highest BCUT2D eigenvalue weighted by Gasteiger charge is 2.15. The van der Waals surface area contributed by atoms with E-state index in [0.717, 1.165) is 0 Å². The van der Waals surface area contributed by atoms with Crippen LogP contribution in [0.15, 0.2) is 17.0 Å². The van der Waals surface area contributed by atoms with E-state index in [-0.39, 0.29) is 4.90 Å². The minimum Gasteiger partial charge on any atom is -0.324 e. The van der Waals surface area contributed by atoms with Crippen molar-refractivity contribution in [2.45, 2.75) is 18.7 Å². The van der Waals surface area contributed by atoms with E-state index in [1.54, 1.807) is 26.0 Å². The molecule has 0 aliphatic heterocycles. The monoisotopic (exact) mass is 215 g/mol. The van der Waals surface area contributed by atoms with Gasteiger partial charge in [0.15, 0.2) is 0 Å². The van der Waals surface area contributed by atoms with Crippen LogP contribution in [0, 0.1) is 13.8 Å². The first kappa shape index (κ1) is 11.0. The van der Waals surface area contributed by atoms with Crippen molar-refractivity contribution in [3.8, 4) is 0 Å². The van der Waals surface area contributed by atoms with Crippen LogP contribution in [0.4, 0.5) is 5.69 Å². The van der Waals surface area contributed by atoms with E-state index in [2.05, 4.69) is 5.43 Å². The second kappa shape index (κ2) is 3.56. The Hall–Kier alpha value is -1.11. The van der Waals surface area contributed by atoms with Crippen molar-refractivity contribution in [3.63, 3.8) is 0 Å². The molecule has 1 aromatic carbocycles. The molecule has 78 valence electrons. The molecule has 0 heterocycles. The van der Waals surface area contributed by atoms with Gasteiger partial charge in [-0.25, -0.2) is 13.6 Å². The Bertz CT molecular complexity index is 431. The number of hydrogen-bond donors (Lipinski definition) is 3. The van der Waals surface area contributed by atoms with Crippen LogP contribution in [0.2, 0.25) is 0 Å². The Morgan fingerprint density at radius 1 is 1.21 bits per heavy atom. The molecular formula is C8H13N3O2S. The lowest BCUT2D eigenvalue weighted by molar-refractivity contribution is 0.596. The van der Waals surface area contributed by atoms with Crippen LogP contribution in [0.3, 0.4) is 0 Å². The number of nitrogens with one attached hydrogen (secondary N) is 1. The molecule has 0 unspecified atom stereocenters. The van der Waals surface area contributed by atoms with Gasteiger partial charge in [-0.1, -0.05) is 0 Å². The van der Waals surface area contributed by atoms with Crippen LogP contribution < -0.4 is 16.4 Å². The van der Waals surface area contributed by atoms with Gasteiger partial charge in [0.25, 0.3) is 0 Å². The van der Waals surface area contributed by atoms with E-state index in [9.17, 15) is 8.42 Å². The van der Waals surface area contributed by atoms with E-state index >= 15 is 0 Å². The molecule has 0 fully saturated rings. The number of hydrazine groups is 1. The minimum atomic E-state index is -3.66. The maximum atomic E-state index is 11.2. The standard InChI is InChI=1S/C8H13N3O2S/c1-5-3-7(11-9)4-6(2)8(5)14(10,12)13/h3-4,11H,9H2,1-2H3,(H2,10,12,13). The molecule has 1 aromatic rings. The number of aryl methyl sites for hydroxylation is 2. The number of anilines is 1. The Labute approximate surface area is 83.1 Å². The van der Waals surface area contributed by atoms with Crippen molar-refractivity contribution in [2.24, 2.45) is 11.0 Å². The predicted molar refractivity (Wildman–Crippen MR) is 55.1 cm³/mol. The Kier molecular flexibility index (Phi) is 2.79. The van der Waals surface area contributed by atoms with Crippen molar-refractivity contribution >= 4 is 15.7 Å². The van der Waals surface area contributed by atoms with Crippen molar-refractivity contribution in [3.05, 3.63) is 23.3 Å². The molecule has 0 saturated heterocycles. The van der Waals surface area contributed by atoms with Crippen LogP contribution in [0.1, 0.15) is 11.1 Å². The smallest absolute Gasteiger partial charge is 0.238 e. The second-order valence-corrected chi connectivity index (χ2v) is 4.63. The van der Waals surface area contributed by atoms with Crippen molar-refractivity contribution in [1.82, 2.24) is 0 Å². The summed E-state index contributed by atoms with van der Waals surface area (Å²) in [5.41, 5.74) is 4.28. The van der Waals surface area contributed by atoms with E-state index in [4.69, 9.17) is 11.0 Å². The quantitative estimate of drug-likeness (QED) is 0.486. The van der Waals surface area contributed by atoms with E-state index in [1.165, 1.54) is 0 Å². The molecule has 0 amide bonds. The summed E-state index contributed by atoms with van der Waals surface area (Å²) in [6, 6.07) is 3.26. The molecule has 0 spiro atoms. The third-order valence-corrected chi connectivity index (χ3v) is 3.12. The molecule has 0 saturated carbocycles. The Morgan fingerprint density at radius 2 is 1.64 bits per heavy atom. The normalized spacial score (nSPS) is 11.4. The molecule has 5 N–H and O–H groups in total. The minimum absolute atomic E-state index is 0.163. The zero-order valence-corrected chi connectivity index (χ0v) is 8.85. The van der Waals surface area contributed by atoms with Crippen LogP contribution >= 0.6 is 0 Å². The molecule has 0 aromatic heterocycles. The maximum Gasteiger partial charge on any atom is 0.238 e. The molecule has 6 heteroatoms. The van der Waals surface area contributed by atoms with Gasteiger partial charge in [0.1, 0.15) is 0 Å². The van der Waals surface area contributed by atoms with Gasteiger partial charge in [-0.3, -0.25) is 5.84 Å². The summed E-state index contributed by atoms with van der Waals surface area (Å²) in [6.07, 6.45) is 0. The summed E-state index contributed by atoms with van der Waals surface area (Å²) in [7, 11) is -3.66. The van der Waals surface area contributed by atoms with Gasteiger partial charge in [-0.2, -0.15) is 0 Å². The van der Waals surface area contributed by atoms with Crippen LogP contribution in [0.5, 0.6) is 0 Å². The second-order valence-electron chi connectivity index (χ2n) is 3.13. The maximum absolute atomic E-state index is 11.2. The SMILES string of the molecule is Cc1cc(NN)cc(C)c1S(N)(=O)=O. The van der Waals surface area contributed by atoms with Crippen LogP contribution in [-0.4, -0.2) is 8.42 Å². The van der Waals surface area contributed by atoms with Crippen molar-refractivity contribution < 1.29 is 8.42 Å². The lowest BCUT2D eigenvalue weighted by Crippen LogP contribution is -2.16. The average molecular weight is 215 g/mol. The molecule has 14 heavy (non-hydrogen) atoms. The number of nitrogens with two attached hydrogens (primary N) is 2. The predicted octanol–water partition coefficient (Wildman–Crippen LogP) is 0.236. The van der Waals surface area contributed by atoms with Crippen LogP contribution in [0.25, 0.3) is 0 Å². The molecule has 0 bridgehead atoms. The molecule has 5 nitrogen and oxygen atoms in total. The van der Waals surface area contributed by atoms with Gasteiger partial charge in [-0.05, 0) is 37.1 Å². The highest BCUT2D eigenvalue weighted by molar-refractivity contribution is 7.89. The van der Waals surface area contributed by atoms with Crippen molar-refractivity contribution in [1.29, 1.82) is 0 Å². The molecule has 0 aliphatic rings. The van der Waals surface area contributed by atoms with Gasteiger partial charge < -0.3 is 5.43 Å². The summed E-state index contributed by atoms with van der Waals surface area (Å²) in [5.74, 6) is 5.22. The first-order chi connectivity index (χ1) is 6.36. The Balaban J connectivity index is 3.48. The fourth-order valence-corrected chi connectivity index (χ4v) is 2.50. The molecule has 0 aliphatic carbocycles. The number of sulfonamides is 1.